The van der Waals surface area contributed by atoms with Crippen LogP contribution >= 0.6 is 0 Å². The van der Waals surface area contributed by atoms with Crippen LogP contribution in [0.4, 0.5) is 0 Å². The SMILES string of the molecule is Cc1nc2c(ccc3c(C)c(C)c(C)nc32)c(C)c1C.Cc1nc2c(ccc3c(C)c(C)c(C)nc32)c(C)c1C.O=C1OC(C(O)C[O-])C(O)=C1O.[Cu+]. The van der Waals surface area contributed by atoms with Crippen molar-refractivity contribution < 1.29 is 47.0 Å². The molecule has 5 heterocycles. The third-order valence-corrected chi connectivity index (χ3v) is 10.9. The van der Waals surface area contributed by atoms with Crippen molar-refractivity contribution in [1.29, 1.82) is 0 Å². The first-order chi connectivity index (χ1) is 24.4. The molecule has 0 saturated carbocycles. The van der Waals surface area contributed by atoms with E-state index in [0.717, 1.165) is 44.8 Å². The van der Waals surface area contributed by atoms with Crippen LogP contribution in [0.5, 0.6) is 0 Å². The monoisotopic (exact) mass is 766 g/mol. The number of carbonyl (C=O) groups excluding carboxylic acids is 1. The van der Waals surface area contributed by atoms with Crippen LogP contribution in [0.3, 0.4) is 0 Å². The number of nitrogens with zero attached hydrogens (tertiary/aromatic N) is 4. The van der Waals surface area contributed by atoms with Gasteiger partial charge in [0.25, 0.3) is 0 Å². The molecule has 282 valence electrons. The standard InChI is InChI=1S/2C18H20N2.C6H7O6.Cu/c2*1-9-11(3)15-7-8-16-12(4)10(2)14(6)20-18(16)17(15)19-13(9)5;7-1-2(8)5-3(9)4(10)6(11)12-5;/h2*7-8H,1-6H3;2,5,8-10H,1H2;/q;;-1;+1. The second-order valence-electron chi connectivity index (χ2n) is 13.8. The Balaban J connectivity index is 0.000000182. The third-order valence-electron chi connectivity index (χ3n) is 10.9. The third kappa shape index (κ3) is 7.31. The fourth-order valence-electron chi connectivity index (χ4n) is 6.54. The number of aliphatic hydroxyl groups is 3. The Bertz CT molecular complexity index is 2180. The van der Waals surface area contributed by atoms with E-state index in [0.29, 0.717) is 0 Å². The predicted octanol–water partition coefficient (Wildman–Crippen LogP) is 7.23. The number of esters is 1. The molecule has 2 aromatic carbocycles. The van der Waals surface area contributed by atoms with Gasteiger partial charge in [0, 0.05) is 44.3 Å². The van der Waals surface area contributed by atoms with Gasteiger partial charge in [-0.1, -0.05) is 24.3 Å². The minimum atomic E-state index is -1.53. The normalized spacial score (nSPS) is 14.5. The minimum absolute atomic E-state index is 0. The van der Waals surface area contributed by atoms with Crippen molar-refractivity contribution in [2.75, 3.05) is 6.61 Å². The zero-order chi connectivity index (χ0) is 38.5. The Morgan fingerprint density at radius 2 is 0.830 bits per heavy atom. The summed E-state index contributed by atoms with van der Waals surface area (Å²) in [5.74, 6) is -2.87. The molecule has 0 spiro atoms. The summed E-state index contributed by atoms with van der Waals surface area (Å²) >= 11 is 0. The van der Waals surface area contributed by atoms with E-state index < -0.39 is 36.3 Å². The van der Waals surface area contributed by atoms with Gasteiger partial charge < -0.3 is 25.2 Å². The number of benzene rings is 2. The Labute approximate surface area is 320 Å². The maximum absolute atomic E-state index is 10.5. The number of cyclic esters (lactones) is 1. The number of carbonyl (C=O) groups is 1. The number of aliphatic hydroxyl groups excluding tert-OH is 3. The molecule has 1 aliphatic heterocycles. The molecule has 3 N–H and O–H groups in total. The number of ether oxygens (including phenoxy) is 1. The van der Waals surface area contributed by atoms with Crippen molar-refractivity contribution in [3.05, 3.63) is 103 Å². The summed E-state index contributed by atoms with van der Waals surface area (Å²) in [5.41, 5.74) is 18.9. The van der Waals surface area contributed by atoms with E-state index in [-0.39, 0.29) is 17.1 Å². The smallest absolute Gasteiger partial charge is 0.853 e. The van der Waals surface area contributed by atoms with Gasteiger partial charge in [0.05, 0.1) is 28.2 Å². The van der Waals surface area contributed by atoms with Crippen LogP contribution in [0.1, 0.15) is 67.3 Å². The Morgan fingerprint density at radius 1 is 0.566 bits per heavy atom. The predicted molar refractivity (Wildman–Crippen MR) is 204 cm³/mol. The van der Waals surface area contributed by atoms with Gasteiger partial charge in [0.2, 0.25) is 5.76 Å². The van der Waals surface area contributed by atoms with Crippen molar-refractivity contribution in [3.8, 4) is 0 Å². The zero-order valence-corrected chi connectivity index (χ0v) is 33.3. The number of aryl methyl sites for hydroxylation is 8. The van der Waals surface area contributed by atoms with Crippen molar-refractivity contribution in [3.63, 3.8) is 0 Å². The first-order valence-corrected chi connectivity index (χ1v) is 17.3. The van der Waals surface area contributed by atoms with Gasteiger partial charge in [0.15, 0.2) is 11.9 Å². The minimum Gasteiger partial charge on any atom is -0.853 e. The van der Waals surface area contributed by atoms with Gasteiger partial charge in [-0.05, 0) is 128 Å². The van der Waals surface area contributed by atoms with Crippen LogP contribution in [0.2, 0.25) is 0 Å². The molecule has 0 aliphatic carbocycles. The summed E-state index contributed by atoms with van der Waals surface area (Å²) < 4.78 is 4.28. The largest absolute Gasteiger partial charge is 1.00 e. The molecule has 2 unspecified atom stereocenters. The maximum atomic E-state index is 10.5. The summed E-state index contributed by atoms with van der Waals surface area (Å²) in [6.45, 7) is 24.6. The molecule has 7 rings (SSSR count). The molecule has 53 heavy (non-hydrogen) atoms. The van der Waals surface area contributed by atoms with E-state index >= 15 is 0 Å². The fourth-order valence-corrected chi connectivity index (χ4v) is 6.54. The summed E-state index contributed by atoms with van der Waals surface area (Å²) in [5, 5.41) is 41.5. The molecule has 2 atom stereocenters. The number of rotatable bonds is 2. The van der Waals surface area contributed by atoms with Gasteiger partial charge in [-0.2, -0.15) is 0 Å². The topological polar surface area (TPSA) is 162 Å². The van der Waals surface area contributed by atoms with Gasteiger partial charge in [0.1, 0.15) is 0 Å². The summed E-state index contributed by atoms with van der Waals surface area (Å²) in [6.07, 6.45) is -2.95. The van der Waals surface area contributed by atoms with Gasteiger partial charge in [-0.25, -0.2) is 4.79 Å². The molecule has 0 fully saturated rings. The van der Waals surface area contributed by atoms with E-state index in [1.165, 1.54) is 66.1 Å². The van der Waals surface area contributed by atoms with E-state index in [4.69, 9.17) is 35.3 Å². The molecule has 6 aromatic rings. The molecule has 0 radical (unpaired) electrons. The number of pyridine rings is 4. The maximum Gasteiger partial charge on any atom is 1.00 e. The fraction of sp³-hybridized carbons (Fsp3) is 0.357. The van der Waals surface area contributed by atoms with E-state index in [9.17, 15) is 9.90 Å². The van der Waals surface area contributed by atoms with E-state index in [1.54, 1.807) is 0 Å². The van der Waals surface area contributed by atoms with Gasteiger partial charge >= 0.3 is 23.0 Å². The van der Waals surface area contributed by atoms with Crippen molar-refractivity contribution >= 4 is 49.6 Å². The van der Waals surface area contributed by atoms with Crippen molar-refractivity contribution in [2.45, 2.75) is 95.3 Å². The molecular formula is C42H47CuN4O6. The first kappa shape index (κ1) is 41.1. The van der Waals surface area contributed by atoms with Crippen LogP contribution in [0.15, 0.2) is 35.8 Å². The number of fused-ring (bicyclic) bond motifs is 6. The molecule has 1 aliphatic rings. The molecule has 10 nitrogen and oxygen atoms in total. The van der Waals surface area contributed by atoms with Crippen LogP contribution in [0, 0.1) is 83.1 Å². The zero-order valence-electron chi connectivity index (χ0n) is 32.3. The Hall–Kier alpha value is -4.67. The quantitative estimate of drug-likeness (QED) is 0.0932. The molecular weight excluding hydrogens is 720 g/mol. The van der Waals surface area contributed by atoms with Gasteiger partial charge in [-0.3, -0.25) is 19.9 Å². The molecule has 0 amide bonds. The summed E-state index contributed by atoms with van der Waals surface area (Å²) in [6, 6.07) is 8.76. The van der Waals surface area contributed by atoms with E-state index in [1.807, 2.05) is 0 Å². The second-order valence-corrected chi connectivity index (χ2v) is 13.8. The van der Waals surface area contributed by atoms with Crippen molar-refractivity contribution in [2.24, 2.45) is 0 Å². The van der Waals surface area contributed by atoms with Crippen LogP contribution in [0.25, 0.3) is 43.6 Å². The first-order valence-electron chi connectivity index (χ1n) is 17.3. The number of aromatic nitrogens is 4. The van der Waals surface area contributed by atoms with Crippen LogP contribution in [-0.2, 0) is 26.6 Å². The summed E-state index contributed by atoms with van der Waals surface area (Å²) in [4.78, 5) is 29.8. The van der Waals surface area contributed by atoms with Gasteiger partial charge in [-0.15, -0.1) is 6.61 Å². The molecule has 0 saturated heterocycles. The van der Waals surface area contributed by atoms with E-state index in [2.05, 4.69) is 112 Å². The number of hydrogen-bond acceptors (Lipinski definition) is 10. The Kier molecular flexibility index (Phi) is 12.2. The molecule has 0 bridgehead atoms. The summed E-state index contributed by atoms with van der Waals surface area (Å²) in [7, 11) is 0. The second kappa shape index (κ2) is 15.7. The average Bonchev–Trinajstić information content (AvgIpc) is 3.38. The Morgan fingerprint density at radius 3 is 1.04 bits per heavy atom. The molecule has 4 aromatic heterocycles. The van der Waals surface area contributed by atoms with Crippen LogP contribution < -0.4 is 5.11 Å². The van der Waals surface area contributed by atoms with Crippen LogP contribution in [-0.4, -0.2) is 60.0 Å². The number of hydrogen-bond donors (Lipinski definition) is 3. The average molecular weight is 767 g/mol. The molecule has 11 heteroatoms. The van der Waals surface area contributed by atoms with Crippen molar-refractivity contribution in [1.82, 2.24) is 19.9 Å².